The summed E-state index contributed by atoms with van der Waals surface area (Å²) in [4.78, 5) is 10.9. The van der Waals surface area contributed by atoms with Crippen LogP contribution in [0.2, 0.25) is 0 Å². The molecule has 5 heteroatoms. The zero-order chi connectivity index (χ0) is 14.8. The second kappa shape index (κ2) is 6.36. The molecule has 0 saturated heterocycles. The van der Waals surface area contributed by atoms with Gasteiger partial charge in [-0.25, -0.2) is 0 Å². The van der Waals surface area contributed by atoms with Crippen LogP contribution < -0.4 is 4.74 Å². The molecule has 1 aliphatic carbocycles. The third kappa shape index (κ3) is 3.58. The number of carboxylic acid groups (broad SMARTS) is 1. The molecule has 0 amide bonds. The van der Waals surface area contributed by atoms with Crippen LogP contribution in [0.1, 0.15) is 31.2 Å². The lowest BCUT2D eigenvalue weighted by Crippen LogP contribution is -2.30. The van der Waals surface area contributed by atoms with Crippen LogP contribution in [0.3, 0.4) is 0 Å². The van der Waals surface area contributed by atoms with Gasteiger partial charge in [-0.05, 0) is 49.4 Å². The van der Waals surface area contributed by atoms with Crippen LogP contribution in [0.5, 0.6) is 5.75 Å². The first-order valence-electron chi connectivity index (χ1n) is 7.41. The van der Waals surface area contributed by atoms with Gasteiger partial charge in [-0.1, -0.05) is 15.9 Å². The van der Waals surface area contributed by atoms with Crippen LogP contribution in [-0.4, -0.2) is 29.9 Å². The smallest absolute Gasteiger partial charge is 0.306 e. The number of carboxylic acids is 1. The highest BCUT2D eigenvalue weighted by Crippen LogP contribution is 2.32. The molecule has 0 spiro atoms. The molecule has 0 aromatic heterocycles. The van der Waals surface area contributed by atoms with Gasteiger partial charge in [0.15, 0.2) is 0 Å². The summed E-state index contributed by atoms with van der Waals surface area (Å²) in [6.07, 6.45) is 4.24. The molecule has 1 N–H and O–H groups in total. The first kappa shape index (κ1) is 14.9. The lowest BCUT2D eigenvalue weighted by Gasteiger charge is -2.27. The summed E-state index contributed by atoms with van der Waals surface area (Å²) in [6.45, 7) is 0.578. The third-order valence-electron chi connectivity index (χ3n) is 4.31. The molecule has 1 fully saturated rings. The van der Waals surface area contributed by atoms with Crippen LogP contribution in [0.15, 0.2) is 22.7 Å². The van der Waals surface area contributed by atoms with Crippen molar-refractivity contribution in [3.8, 4) is 5.75 Å². The van der Waals surface area contributed by atoms with E-state index in [1.165, 1.54) is 5.56 Å². The van der Waals surface area contributed by atoms with Gasteiger partial charge in [0.2, 0.25) is 0 Å². The minimum absolute atomic E-state index is 0.0755. The molecule has 1 unspecified atom stereocenters. The molecular formula is C16H19BrO4. The van der Waals surface area contributed by atoms with Gasteiger partial charge in [-0.2, -0.15) is 0 Å². The van der Waals surface area contributed by atoms with Gasteiger partial charge in [-0.15, -0.1) is 0 Å². The minimum Gasteiger partial charge on any atom is -0.487 e. The largest absolute Gasteiger partial charge is 0.487 e. The van der Waals surface area contributed by atoms with Crippen molar-refractivity contribution in [3.05, 3.63) is 28.2 Å². The van der Waals surface area contributed by atoms with Gasteiger partial charge in [0, 0.05) is 10.9 Å². The van der Waals surface area contributed by atoms with Crippen LogP contribution in [0.4, 0.5) is 0 Å². The number of fused-ring (bicyclic) bond motifs is 1. The Labute approximate surface area is 132 Å². The van der Waals surface area contributed by atoms with Crippen LogP contribution >= 0.6 is 15.9 Å². The monoisotopic (exact) mass is 354 g/mol. The summed E-state index contributed by atoms with van der Waals surface area (Å²) >= 11 is 3.47. The van der Waals surface area contributed by atoms with E-state index < -0.39 is 5.97 Å². The number of halogens is 1. The highest BCUT2D eigenvalue weighted by atomic mass is 79.9. The van der Waals surface area contributed by atoms with Crippen molar-refractivity contribution in [1.29, 1.82) is 0 Å². The minimum atomic E-state index is -0.673. The molecule has 3 rings (SSSR count). The van der Waals surface area contributed by atoms with Crippen molar-refractivity contribution >= 4 is 21.9 Å². The molecule has 114 valence electrons. The molecule has 1 aliphatic heterocycles. The summed E-state index contributed by atoms with van der Waals surface area (Å²) in [7, 11) is 0. The molecule has 1 heterocycles. The molecule has 21 heavy (non-hydrogen) atoms. The number of rotatable bonds is 4. The standard InChI is InChI=1S/C16H19BrO4/c17-12-3-6-15-11(7-12)8-14(21-15)9-20-13-4-1-10(2-5-13)16(18)19/h3,6-7,10,13-14H,1-2,4-5,8-9H2,(H,18,19). The SMILES string of the molecule is O=C(O)C1CCC(OCC2Cc3cc(Br)ccc3O2)CC1. The van der Waals surface area contributed by atoms with Crippen molar-refractivity contribution in [1.82, 2.24) is 0 Å². The quantitative estimate of drug-likeness (QED) is 0.899. The maximum atomic E-state index is 10.9. The molecular weight excluding hydrogens is 336 g/mol. The lowest BCUT2D eigenvalue weighted by molar-refractivity contribution is -0.144. The highest BCUT2D eigenvalue weighted by Gasteiger charge is 2.28. The first-order valence-corrected chi connectivity index (χ1v) is 8.20. The van der Waals surface area contributed by atoms with E-state index in [4.69, 9.17) is 14.6 Å². The summed E-state index contributed by atoms with van der Waals surface area (Å²) in [6, 6.07) is 6.06. The summed E-state index contributed by atoms with van der Waals surface area (Å²) in [5.41, 5.74) is 1.22. The van der Waals surface area contributed by atoms with E-state index in [1.807, 2.05) is 12.1 Å². The zero-order valence-corrected chi connectivity index (χ0v) is 13.3. The van der Waals surface area contributed by atoms with E-state index in [1.54, 1.807) is 0 Å². The van der Waals surface area contributed by atoms with E-state index in [2.05, 4.69) is 22.0 Å². The predicted octanol–water partition coefficient (Wildman–Crippen LogP) is 3.41. The molecule has 1 saturated carbocycles. The fourth-order valence-corrected chi connectivity index (χ4v) is 3.51. The lowest BCUT2D eigenvalue weighted by atomic mass is 9.87. The van der Waals surface area contributed by atoms with Gasteiger partial charge in [0.05, 0.1) is 18.6 Å². The van der Waals surface area contributed by atoms with Crippen molar-refractivity contribution in [2.75, 3.05) is 6.61 Å². The van der Waals surface area contributed by atoms with Crippen LogP contribution in [0.25, 0.3) is 0 Å². The predicted molar refractivity (Wildman–Crippen MR) is 81.6 cm³/mol. The van der Waals surface area contributed by atoms with Crippen LogP contribution in [-0.2, 0) is 16.0 Å². The molecule has 0 radical (unpaired) electrons. The number of aliphatic carboxylic acids is 1. The van der Waals surface area contributed by atoms with Gasteiger partial charge >= 0.3 is 5.97 Å². The molecule has 1 aromatic carbocycles. The Balaban J connectivity index is 1.44. The van der Waals surface area contributed by atoms with E-state index in [-0.39, 0.29) is 18.1 Å². The normalized spacial score (nSPS) is 28.0. The Morgan fingerprint density at radius 3 is 2.81 bits per heavy atom. The van der Waals surface area contributed by atoms with Gasteiger partial charge < -0.3 is 14.6 Å². The van der Waals surface area contributed by atoms with E-state index in [9.17, 15) is 4.79 Å². The molecule has 1 atom stereocenters. The second-order valence-corrected chi connectivity index (χ2v) is 6.76. The van der Waals surface area contributed by atoms with Gasteiger partial charge in [0.25, 0.3) is 0 Å². The number of hydrogen-bond acceptors (Lipinski definition) is 3. The number of ether oxygens (including phenoxy) is 2. The average molecular weight is 355 g/mol. The van der Waals surface area contributed by atoms with Crippen molar-refractivity contribution in [2.45, 2.75) is 44.3 Å². The van der Waals surface area contributed by atoms with E-state index >= 15 is 0 Å². The highest BCUT2D eigenvalue weighted by molar-refractivity contribution is 9.10. The van der Waals surface area contributed by atoms with Crippen molar-refractivity contribution in [2.24, 2.45) is 5.92 Å². The third-order valence-corrected chi connectivity index (χ3v) is 4.80. The fourth-order valence-electron chi connectivity index (χ4n) is 3.10. The number of benzene rings is 1. The fraction of sp³-hybridized carbons (Fsp3) is 0.562. The Morgan fingerprint density at radius 2 is 2.10 bits per heavy atom. The molecule has 0 bridgehead atoms. The van der Waals surface area contributed by atoms with Crippen molar-refractivity contribution < 1.29 is 19.4 Å². The Morgan fingerprint density at radius 1 is 1.33 bits per heavy atom. The number of carbonyl (C=O) groups is 1. The van der Waals surface area contributed by atoms with Crippen LogP contribution in [0, 0.1) is 5.92 Å². The Hall–Kier alpha value is -1.07. The first-order chi connectivity index (χ1) is 10.1. The maximum absolute atomic E-state index is 10.9. The molecule has 1 aromatic rings. The molecule has 4 nitrogen and oxygen atoms in total. The van der Waals surface area contributed by atoms with Gasteiger partial charge in [-0.3, -0.25) is 4.79 Å². The topological polar surface area (TPSA) is 55.8 Å². The van der Waals surface area contributed by atoms with E-state index in [0.29, 0.717) is 6.61 Å². The van der Waals surface area contributed by atoms with Gasteiger partial charge in [0.1, 0.15) is 11.9 Å². The maximum Gasteiger partial charge on any atom is 0.306 e. The molecule has 2 aliphatic rings. The zero-order valence-electron chi connectivity index (χ0n) is 11.8. The average Bonchev–Trinajstić information content (AvgIpc) is 2.87. The summed E-state index contributed by atoms with van der Waals surface area (Å²) in [5.74, 6) is 0.0872. The summed E-state index contributed by atoms with van der Waals surface area (Å²) < 4.78 is 12.9. The number of hydrogen-bond donors (Lipinski definition) is 1. The Kier molecular flexibility index (Phi) is 4.50. The Bertz CT molecular complexity index is 523. The second-order valence-electron chi connectivity index (χ2n) is 5.84. The summed E-state index contributed by atoms with van der Waals surface area (Å²) in [5, 5.41) is 8.98. The van der Waals surface area contributed by atoms with E-state index in [0.717, 1.165) is 42.3 Å². The van der Waals surface area contributed by atoms with Crippen molar-refractivity contribution in [3.63, 3.8) is 0 Å².